The van der Waals surface area contributed by atoms with Gasteiger partial charge in [0.25, 0.3) is 0 Å². The Bertz CT molecular complexity index is 733. The molecule has 0 radical (unpaired) electrons. The molecule has 2 rings (SSSR count). The number of azo groups is 1. The Morgan fingerprint density at radius 1 is 1.00 bits per heavy atom. The van der Waals surface area contributed by atoms with Gasteiger partial charge in [0.1, 0.15) is 0 Å². The van der Waals surface area contributed by atoms with Crippen molar-refractivity contribution in [2.45, 2.75) is 6.92 Å². The number of rotatable bonds is 5. The van der Waals surface area contributed by atoms with Gasteiger partial charge in [-0.15, -0.1) is 5.11 Å². The molecule has 0 fully saturated rings. The standard InChI is InChI=1S/C18H19N3O2/c1-13(22)17(18(23)14-7-5-4-6-8-14)20-19-15-9-11-16(12-10-15)21(2)3/h4-12,23H,1-3H3/b18-17-,20-19?. The van der Waals surface area contributed by atoms with Crippen LogP contribution in [0.5, 0.6) is 0 Å². The van der Waals surface area contributed by atoms with Crippen LogP contribution in [0.2, 0.25) is 0 Å². The number of hydrogen-bond acceptors (Lipinski definition) is 5. The summed E-state index contributed by atoms with van der Waals surface area (Å²) in [5.74, 6) is -0.522. The van der Waals surface area contributed by atoms with Crippen molar-refractivity contribution in [1.29, 1.82) is 0 Å². The quantitative estimate of drug-likeness (QED) is 0.507. The van der Waals surface area contributed by atoms with Crippen molar-refractivity contribution in [2.24, 2.45) is 10.2 Å². The van der Waals surface area contributed by atoms with Crippen molar-refractivity contribution >= 4 is 22.9 Å². The van der Waals surface area contributed by atoms with Crippen LogP contribution < -0.4 is 4.90 Å². The maximum atomic E-state index is 11.7. The molecule has 0 bridgehead atoms. The minimum absolute atomic E-state index is 0.0621. The summed E-state index contributed by atoms with van der Waals surface area (Å²) in [5.41, 5.74) is 2.11. The van der Waals surface area contributed by atoms with E-state index in [1.54, 1.807) is 36.4 Å². The summed E-state index contributed by atoms with van der Waals surface area (Å²) in [7, 11) is 3.90. The van der Waals surface area contributed by atoms with Crippen LogP contribution in [0, 0.1) is 0 Å². The van der Waals surface area contributed by atoms with Crippen LogP contribution in [0.15, 0.2) is 70.5 Å². The molecule has 2 aromatic carbocycles. The van der Waals surface area contributed by atoms with E-state index in [0.717, 1.165) is 5.69 Å². The van der Waals surface area contributed by atoms with Gasteiger partial charge in [0.05, 0.1) is 5.69 Å². The second-order valence-electron chi connectivity index (χ2n) is 5.23. The maximum Gasteiger partial charge on any atom is 0.183 e. The first-order chi connectivity index (χ1) is 11.0. The van der Waals surface area contributed by atoms with Gasteiger partial charge in [-0.3, -0.25) is 4.79 Å². The van der Waals surface area contributed by atoms with Crippen LogP contribution in [0.25, 0.3) is 5.76 Å². The van der Waals surface area contributed by atoms with E-state index in [2.05, 4.69) is 10.2 Å². The van der Waals surface area contributed by atoms with E-state index in [9.17, 15) is 9.90 Å². The molecule has 0 saturated heterocycles. The number of Topliss-reactive ketones (excluding diaryl/α,β-unsaturated/α-hetero) is 1. The third kappa shape index (κ3) is 4.26. The highest BCUT2D eigenvalue weighted by molar-refractivity contribution is 5.99. The fourth-order valence-electron chi connectivity index (χ4n) is 1.94. The zero-order valence-corrected chi connectivity index (χ0v) is 13.4. The second-order valence-corrected chi connectivity index (χ2v) is 5.23. The molecule has 5 heteroatoms. The van der Waals surface area contributed by atoms with Crippen LogP contribution in [0.1, 0.15) is 12.5 Å². The Kier molecular flexibility index (Phi) is 5.25. The van der Waals surface area contributed by atoms with Crippen LogP contribution in [0.4, 0.5) is 11.4 Å². The van der Waals surface area contributed by atoms with Crippen molar-refractivity contribution in [2.75, 3.05) is 19.0 Å². The van der Waals surface area contributed by atoms with Gasteiger partial charge < -0.3 is 10.0 Å². The molecule has 0 saturated carbocycles. The third-order valence-corrected chi connectivity index (χ3v) is 3.24. The predicted octanol–water partition coefficient (Wildman–Crippen LogP) is 4.35. The largest absolute Gasteiger partial charge is 0.505 e. The maximum absolute atomic E-state index is 11.7. The summed E-state index contributed by atoms with van der Waals surface area (Å²) in [5, 5.41) is 18.2. The average Bonchev–Trinajstić information content (AvgIpc) is 2.55. The van der Waals surface area contributed by atoms with Gasteiger partial charge in [0, 0.05) is 32.3 Å². The van der Waals surface area contributed by atoms with Crippen molar-refractivity contribution in [1.82, 2.24) is 0 Å². The smallest absolute Gasteiger partial charge is 0.183 e. The molecule has 0 unspecified atom stereocenters. The normalized spacial score (nSPS) is 12.1. The average molecular weight is 309 g/mol. The van der Waals surface area contributed by atoms with Gasteiger partial charge in [-0.05, 0) is 24.3 Å². The summed E-state index contributed by atoms with van der Waals surface area (Å²) in [6.45, 7) is 1.35. The van der Waals surface area contributed by atoms with Gasteiger partial charge in [-0.2, -0.15) is 5.11 Å². The Balaban J connectivity index is 2.31. The lowest BCUT2D eigenvalue weighted by atomic mass is 10.1. The molecule has 1 N–H and O–H groups in total. The lowest BCUT2D eigenvalue weighted by Crippen LogP contribution is -2.07. The van der Waals surface area contributed by atoms with E-state index in [4.69, 9.17) is 0 Å². The van der Waals surface area contributed by atoms with E-state index < -0.39 is 0 Å². The monoisotopic (exact) mass is 309 g/mol. The van der Waals surface area contributed by atoms with Crippen LogP contribution >= 0.6 is 0 Å². The summed E-state index contributed by atoms with van der Waals surface area (Å²) < 4.78 is 0. The minimum atomic E-state index is -0.347. The number of carbonyl (C=O) groups is 1. The minimum Gasteiger partial charge on any atom is -0.505 e. The number of nitrogens with zero attached hydrogens (tertiary/aromatic N) is 3. The van der Waals surface area contributed by atoms with Gasteiger partial charge >= 0.3 is 0 Å². The molecule has 5 nitrogen and oxygen atoms in total. The molecular formula is C18H19N3O2. The second kappa shape index (κ2) is 7.35. The molecule has 0 spiro atoms. The number of aliphatic hydroxyl groups excluding tert-OH is 1. The predicted molar refractivity (Wildman–Crippen MR) is 92.0 cm³/mol. The molecule has 2 aromatic rings. The summed E-state index contributed by atoms with van der Waals surface area (Å²) in [4.78, 5) is 13.7. The van der Waals surface area contributed by atoms with Crippen molar-refractivity contribution in [3.8, 4) is 0 Å². The number of allylic oxidation sites excluding steroid dienone is 1. The highest BCUT2D eigenvalue weighted by Crippen LogP contribution is 2.22. The molecule has 0 aliphatic heterocycles. The SMILES string of the molecule is CC(=O)/C(N=Nc1ccc(N(C)C)cc1)=C(/O)c1ccccc1. The lowest BCUT2D eigenvalue weighted by Gasteiger charge is -2.11. The molecule has 0 amide bonds. The highest BCUT2D eigenvalue weighted by Gasteiger charge is 2.12. The number of carbonyl (C=O) groups excluding carboxylic acids is 1. The van der Waals surface area contributed by atoms with E-state index in [0.29, 0.717) is 11.3 Å². The fourth-order valence-corrected chi connectivity index (χ4v) is 1.94. The summed E-state index contributed by atoms with van der Waals surface area (Å²) in [6, 6.07) is 16.2. The van der Waals surface area contributed by atoms with Gasteiger partial charge in [-0.1, -0.05) is 30.3 Å². The summed E-state index contributed by atoms with van der Waals surface area (Å²) >= 11 is 0. The van der Waals surface area contributed by atoms with E-state index in [1.807, 2.05) is 37.2 Å². The lowest BCUT2D eigenvalue weighted by molar-refractivity contribution is -0.113. The number of ketones is 1. The van der Waals surface area contributed by atoms with Crippen LogP contribution in [0.3, 0.4) is 0 Å². The molecule has 0 atom stereocenters. The zero-order chi connectivity index (χ0) is 16.8. The molecule has 23 heavy (non-hydrogen) atoms. The van der Waals surface area contributed by atoms with Gasteiger partial charge in [0.2, 0.25) is 0 Å². The molecular weight excluding hydrogens is 290 g/mol. The Hall–Kier alpha value is -2.95. The number of benzene rings is 2. The first-order valence-electron chi connectivity index (χ1n) is 7.18. The summed E-state index contributed by atoms with van der Waals surface area (Å²) in [6.07, 6.45) is 0. The zero-order valence-electron chi connectivity index (χ0n) is 13.4. The Labute approximate surface area is 135 Å². The first kappa shape index (κ1) is 16.4. The Morgan fingerprint density at radius 2 is 1.61 bits per heavy atom. The van der Waals surface area contributed by atoms with E-state index in [1.165, 1.54) is 6.92 Å². The topological polar surface area (TPSA) is 65.3 Å². The molecule has 0 aliphatic carbocycles. The fraction of sp³-hybridized carbons (Fsp3) is 0.167. The van der Waals surface area contributed by atoms with Gasteiger partial charge in [0.15, 0.2) is 17.2 Å². The number of hydrogen-bond donors (Lipinski definition) is 1. The number of anilines is 1. The molecule has 0 aliphatic rings. The molecule has 0 aromatic heterocycles. The van der Waals surface area contributed by atoms with E-state index >= 15 is 0 Å². The molecule has 118 valence electrons. The first-order valence-corrected chi connectivity index (χ1v) is 7.18. The highest BCUT2D eigenvalue weighted by atomic mass is 16.3. The van der Waals surface area contributed by atoms with E-state index in [-0.39, 0.29) is 17.2 Å². The third-order valence-electron chi connectivity index (χ3n) is 3.24. The number of aliphatic hydroxyl groups is 1. The van der Waals surface area contributed by atoms with Crippen LogP contribution in [-0.2, 0) is 4.79 Å². The van der Waals surface area contributed by atoms with Crippen molar-refractivity contribution in [3.63, 3.8) is 0 Å². The van der Waals surface area contributed by atoms with Gasteiger partial charge in [-0.25, -0.2) is 0 Å². The van der Waals surface area contributed by atoms with Crippen LogP contribution in [-0.4, -0.2) is 25.0 Å². The van der Waals surface area contributed by atoms with Crippen molar-refractivity contribution in [3.05, 3.63) is 65.9 Å². The van der Waals surface area contributed by atoms with Crippen molar-refractivity contribution < 1.29 is 9.90 Å². The Morgan fingerprint density at radius 3 is 2.13 bits per heavy atom. The molecule has 0 heterocycles.